The maximum Gasteiger partial charge on any atom is 0.271 e. The number of azo groups is 1. The molecule has 1 atom stereocenters. The van der Waals surface area contributed by atoms with E-state index in [0.29, 0.717) is 26.3 Å². The fourth-order valence-corrected chi connectivity index (χ4v) is 6.43. The van der Waals surface area contributed by atoms with E-state index in [1.807, 2.05) is 42.5 Å². The highest BCUT2D eigenvalue weighted by Crippen LogP contribution is 2.41. The molecule has 1 N–H and O–H groups in total. The summed E-state index contributed by atoms with van der Waals surface area (Å²) in [5, 5.41) is 19.2. The average molecular weight is 559 g/mol. The standard InChI is InChI=1S/C33H23FN4O2S/c34-23-13-10-21(11-14-23)31-27-16-12-20-6-4-5-9-26(20)30(27)35-33-38(31)32(40)29(41-33)19-22-18-25(15-17-28(22)39)37-36-24-7-2-1-3-8-24/h1-11,13-15,17-19,31,39H,12,16H2/b29-19+,37-36?/t31-/m0/s1. The van der Waals surface area contributed by atoms with E-state index in [9.17, 15) is 14.3 Å². The molecule has 0 fully saturated rings. The van der Waals surface area contributed by atoms with E-state index >= 15 is 0 Å². The summed E-state index contributed by atoms with van der Waals surface area (Å²) in [4.78, 5) is 19.5. The first-order chi connectivity index (χ1) is 20.0. The highest BCUT2D eigenvalue weighted by atomic mass is 32.1. The summed E-state index contributed by atoms with van der Waals surface area (Å²) in [5.41, 5.74) is 6.51. The van der Waals surface area contributed by atoms with Gasteiger partial charge >= 0.3 is 0 Å². The molecule has 4 aromatic carbocycles. The van der Waals surface area contributed by atoms with Crippen molar-refractivity contribution in [3.63, 3.8) is 0 Å². The number of aromatic hydroxyl groups is 1. The van der Waals surface area contributed by atoms with Gasteiger partial charge < -0.3 is 5.11 Å². The topological polar surface area (TPSA) is 79.3 Å². The molecule has 200 valence electrons. The first-order valence-electron chi connectivity index (χ1n) is 13.2. The summed E-state index contributed by atoms with van der Waals surface area (Å²) in [7, 11) is 0. The highest BCUT2D eigenvalue weighted by Gasteiger charge is 2.32. The van der Waals surface area contributed by atoms with E-state index < -0.39 is 6.04 Å². The van der Waals surface area contributed by atoms with Crippen molar-refractivity contribution in [1.82, 2.24) is 4.57 Å². The number of aromatic nitrogens is 1. The predicted molar refractivity (Wildman–Crippen MR) is 158 cm³/mol. The molecular formula is C33H23FN4O2S. The molecule has 0 bridgehead atoms. The molecule has 41 heavy (non-hydrogen) atoms. The summed E-state index contributed by atoms with van der Waals surface area (Å²) in [5.74, 6) is -0.304. The molecule has 1 aliphatic carbocycles. The lowest BCUT2D eigenvalue weighted by Crippen LogP contribution is -2.38. The van der Waals surface area contributed by atoms with E-state index in [1.54, 1.807) is 41.0 Å². The van der Waals surface area contributed by atoms with Crippen molar-refractivity contribution >= 4 is 34.5 Å². The van der Waals surface area contributed by atoms with Crippen LogP contribution in [-0.2, 0) is 6.42 Å². The molecule has 6 nitrogen and oxygen atoms in total. The van der Waals surface area contributed by atoms with Gasteiger partial charge in [0.2, 0.25) is 0 Å². The van der Waals surface area contributed by atoms with Gasteiger partial charge in [-0.15, -0.1) is 0 Å². The second kappa shape index (κ2) is 10.2. The van der Waals surface area contributed by atoms with Crippen LogP contribution in [0.4, 0.5) is 15.8 Å². The average Bonchev–Trinajstić information content (AvgIpc) is 3.31. The van der Waals surface area contributed by atoms with Gasteiger partial charge in [0.05, 0.1) is 27.6 Å². The van der Waals surface area contributed by atoms with E-state index in [2.05, 4.69) is 22.4 Å². The monoisotopic (exact) mass is 558 g/mol. The van der Waals surface area contributed by atoms with Crippen LogP contribution in [0, 0.1) is 5.82 Å². The minimum Gasteiger partial charge on any atom is -0.507 e. The summed E-state index contributed by atoms with van der Waals surface area (Å²) in [6, 6.07) is 28.4. The lowest BCUT2D eigenvalue weighted by Gasteiger charge is -2.30. The van der Waals surface area contributed by atoms with Crippen LogP contribution in [-0.4, -0.2) is 9.67 Å². The first-order valence-corrected chi connectivity index (χ1v) is 14.1. The smallest absolute Gasteiger partial charge is 0.271 e. The van der Waals surface area contributed by atoms with Crippen molar-refractivity contribution < 1.29 is 9.50 Å². The summed E-state index contributed by atoms with van der Waals surface area (Å²) in [6.45, 7) is 0. The zero-order valence-electron chi connectivity index (χ0n) is 21.7. The minimum absolute atomic E-state index is 0.0257. The third kappa shape index (κ3) is 4.62. The number of allylic oxidation sites excluding steroid dienone is 1. The van der Waals surface area contributed by atoms with Crippen LogP contribution in [0.25, 0.3) is 11.8 Å². The van der Waals surface area contributed by atoms with Gasteiger partial charge in [-0.1, -0.05) is 65.9 Å². The number of nitrogens with zero attached hydrogens (tertiary/aromatic N) is 4. The van der Waals surface area contributed by atoms with Crippen LogP contribution in [0.5, 0.6) is 5.75 Å². The molecule has 0 radical (unpaired) electrons. The van der Waals surface area contributed by atoms with Gasteiger partial charge in [-0.25, -0.2) is 9.38 Å². The third-order valence-electron chi connectivity index (χ3n) is 7.39. The van der Waals surface area contributed by atoms with Crippen LogP contribution in [0.3, 0.4) is 0 Å². The van der Waals surface area contributed by atoms with Crippen LogP contribution >= 0.6 is 11.3 Å². The van der Waals surface area contributed by atoms with E-state index in [-0.39, 0.29) is 17.1 Å². The Morgan fingerprint density at radius 1 is 0.902 bits per heavy atom. The number of hydrogen-bond donors (Lipinski definition) is 1. The molecule has 5 aromatic rings. The van der Waals surface area contributed by atoms with Crippen molar-refractivity contribution in [1.29, 1.82) is 0 Å². The summed E-state index contributed by atoms with van der Waals surface area (Å²) >= 11 is 1.27. The van der Waals surface area contributed by atoms with Crippen molar-refractivity contribution in [2.24, 2.45) is 15.2 Å². The molecule has 0 saturated carbocycles. The minimum atomic E-state index is -0.406. The number of benzene rings is 4. The highest BCUT2D eigenvalue weighted by molar-refractivity contribution is 7.07. The Kier molecular flexibility index (Phi) is 6.24. The molecule has 2 heterocycles. The lowest BCUT2D eigenvalue weighted by molar-refractivity contribution is 0.474. The number of phenols is 1. The Morgan fingerprint density at radius 2 is 1.66 bits per heavy atom. The SMILES string of the molecule is O=c1/c(=C\c2cc(N=Nc3ccccc3)ccc2O)sc2n1[C@@H](c1ccc(F)cc1)C1=C(N=2)c2ccccc2CC1. The summed E-state index contributed by atoms with van der Waals surface area (Å²) in [6.07, 6.45) is 3.25. The normalized spacial score (nSPS) is 16.3. The maximum atomic E-state index is 14.0. The molecular weight excluding hydrogens is 535 g/mol. The second-order valence-electron chi connectivity index (χ2n) is 9.94. The van der Waals surface area contributed by atoms with Crippen LogP contribution < -0.4 is 14.9 Å². The molecule has 1 aliphatic heterocycles. The zero-order valence-corrected chi connectivity index (χ0v) is 22.6. The van der Waals surface area contributed by atoms with Crippen molar-refractivity contribution in [2.45, 2.75) is 18.9 Å². The number of hydrogen-bond acceptors (Lipinski definition) is 6. The number of aryl methyl sites for hydroxylation is 1. The molecule has 0 saturated heterocycles. The van der Waals surface area contributed by atoms with Crippen molar-refractivity contribution in [3.8, 4) is 5.75 Å². The number of halogens is 1. The second-order valence-corrected chi connectivity index (χ2v) is 11.0. The van der Waals surface area contributed by atoms with Crippen molar-refractivity contribution in [3.05, 3.63) is 150 Å². The summed E-state index contributed by atoms with van der Waals surface area (Å²) < 4.78 is 16.0. The number of fused-ring (bicyclic) bond motifs is 3. The Morgan fingerprint density at radius 3 is 2.49 bits per heavy atom. The molecule has 0 unspecified atom stereocenters. The Bertz CT molecular complexity index is 2040. The largest absolute Gasteiger partial charge is 0.507 e. The van der Waals surface area contributed by atoms with E-state index in [1.165, 1.54) is 29.0 Å². The molecule has 8 heteroatoms. The van der Waals surface area contributed by atoms with Crippen LogP contribution in [0.2, 0.25) is 0 Å². The molecule has 0 amide bonds. The van der Waals surface area contributed by atoms with E-state index in [0.717, 1.165) is 35.2 Å². The fourth-order valence-electron chi connectivity index (χ4n) is 5.44. The zero-order chi connectivity index (χ0) is 27.9. The van der Waals surface area contributed by atoms with E-state index in [4.69, 9.17) is 4.99 Å². The third-order valence-corrected chi connectivity index (χ3v) is 8.38. The van der Waals surface area contributed by atoms with Gasteiger partial charge in [0.15, 0.2) is 4.80 Å². The molecule has 7 rings (SSSR count). The number of phenolic OH excluding ortho intramolecular Hbond substituents is 1. The first kappa shape index (κ1) is 25.0. The van der Waals surface area contributed by atoms with Gasteiger partial charge in [-0.05, 0) is 78.1 Å². The Balaban J connectivity index is 1.38. The van der Waals surface area contributed by atoms with Crippen LogP contribution in [0.1, 0.15) is 34.7 Å². The molecule has 1 aromatic heterocycles. The van der Waals surface area contributed by atoms with Gasteiger partial charge in [0.1, 0.15) is 11.6 Å². The Hall–Kier alpha value is -4.95. The lowest BCUT2D eigenvalue weighted by atomic mass is 9.83. The quantitative estimate of drug-likeness (QED) is 0.253. The van der Waals surface area contributed by atoms with Crippen molar-refractivity contribution in [2.75, 3.05) is 0 Å². The van der Waals surface area contributed by atoms with Gasteiger partial charge in [0, 0.05) is 11.1 Å². The number of thiazole rings is 1. The fraction of sp³-hybridized carbons (Fsp3) is 0.0909. The van der Waals surface area contributed by atoms with Gasteiger partial charge in [-0.2, -0.15) is 10.2 Å². The van der Waals surface area contributed by atoms with Crippen LogP contribution in [0.15, 0.2) is 123 Å². The predicted octanol–water partition coefficient (Wildman–Crippen LogP) is 6.58. The molecule has 0 spiro atoms. The van der Waals surface area contributed by atoms with Gasteiger partial charge in [-0.3, -0.25) is 9.36 Å². The number of rotatable bonds is 4. The maximum absolute atomic E-state index is 14.0. The van der Waals surface area contributed by atoms with Gasteiger partial charge in [0.25, 0.3) is 5.56 Å². The molecule has 2 aliphatic rings. The Labute approximate surface area is 238 Å².